The monoisotopic (exact) mass is 247 g/mol. The highest BCUT2D eigenvalue weighted by Gasteiger charge is 2.18. The van der Waals surface area contributed by atoms with Gasteiger partial charge in [0.2, 0.25) is 0 Å². The summed E-state index contributed by atoms with van der Waals surface area (Å²) in [6.45, 7) is 4.83. The molecule has 0 heterocycles. The fourth-order valence-electron chi connectivity index (χ4n) is 2.23. The Kier molecular flexibility index (Phi) is 5.47. The van der Waals surface area contributed by atoms with E-state index in [9.17, 15) is 10.4 Å². The minimum Gasteiger partial charge on any atom is -0.399 e. The van der Waals surface area contributed by atoms with Gasteiger partial charge < -0.3 is 15.7 Å². The van der Waals surface area contributed by atoms with Crippen LogP contribution < -0.4 is 10.6 Å². The first-order valence-corrected chi connectivity index (χ1v) is 6.35. The van der Waals surface area contributed by atoms with E-state index in [0.29, 0.717) is 23.8 Å². The van der Waals surface area contributed by atoms with Crippen molar-refractivity contribution in [2.45, 2.75) is 32.7 Å². The second kappa shape index (κ2) is 6.87. The Hall–Kier alpha value is -1.73. The van der Waals surface area contributed by atoms with Crippen LogP contribution in [-0.2, 0) is 0 Å². The lowest BCUT2D eigenvalue weighted by molar-refractivity contribution is 0.296. The van der Waals surface area contributed by atoms with Crippen LogP contribution in [0.3, 0.4) is 0 Å². The summed E-state index contributed by atoms with van der Waals surface area (Å²) in [7, 11) is 0. The van der Waals surface area contributed by atoms with Gasteiger partial charge in [-0.05, 0) is 31.0 Å². The van der Waals surface area contributed by atoms with Crippen LogP contribution in [-0.4, -0.2) is 24.3 Å². The quantitative estimate of drug-likeness (QED) is 0.755. The van der Waals surface area contributed by atoms with Crippen molar-refractivity contribution in [1.82, 2.24) is 0 Å². The number of benzene rings is 1. The Morgan fingerprint density at radius 1 is 1.39 bits per heavy atom. The van der Waals surface area contributed by atoms with E-state index in [-0.39, 0.29) is 6.61 Å². The van der Waals surface area contributed by atoms with Crippen LogP contribution in [0.25, 0.3) is 0 Å². The van der Waals surface area contributed by atoms with E-state index >= 15 is 0 Å². The maximum Gasteiger partial charge on any atom is 0.101 e. The number of anilines is 2. The third-order valence-corrected chi connectivity index (χ3v) is 3.17. The zero-order chi connectivity index (χ0) is 13.5. The lowest BCUT2D eigenvalue weighted by Gasteiger charge is -2.32. The highest BCUT2D eigenvalue weighted by molar-refractivity contribution is 5.64. The molecule has 98 valence electrons. The van der Waals surface area contributed by atoms with Gasteiger partial charge in [-0.1, -0.05) is 13.8 Å². The molecule has 0 atom stereocenters. The summed E-state index contributed by atoms with van der Waals surface area (Å²) in [4.78, 5) is 2.10. The number of hydrogen-bond acceptors (Lipinski definition) is 4. The fourth-order valence-corrected chi connectivity index (χ4v) is 2.23. The molecular formula is C14H21N3O. The minimum atomic E-state index is 0.0751. The molecule has 0 spiro atoms. The van der Waals surface area contributed by atoms with Crippen LogP contribution in [0.1, 0.15) is 32.3 Å². The maximum absolute atomic E-state index is 9.21. The van der Waals surface area contributed by atoms with Crippen molar-refractivity contribution in [3.63, 3.8) is 0 Å². The van der Waals surface area contributed by atoms with Gasteiger partial charge in [0.15, 0.2) is 0 Å². The summed E-state index contributed by atoms with van der Waals surface area (Å²) >= 11 is 0. The summed E-state index contributed by atoms with van der Waals surface area (Å²) in [5.41, 5.74) is 7.71. The van der Waals surface area contributed by atoms with Crippen LogP contribution in [0.15, 0.2) is 18.2 Å². The number of nitrogens with two attached hydrogens (primary N) is 1. The average Bonchev–Trinajstić information content (AvgIpc) is 2.39. The first-order valence-electron chi connectivity index (χ1n) is 6.35. The van der Waals surface area contributed by atoms with Gasteiger partial charge >= 0.3 is 0 Å². The summed E-state index contributed by atoms with van der Waals surface area (Å²) in [6, 6.07) is 7.84. The molecule has 0 radical (unpaired) electrons. The molecule has 4 heteroatoms. The molecule has 1 rings (SSSR count). The Morgan fingerprint density at radius 2 is 2.06 bits per heavy atom. The van der Waals surface area contributed by atoms with E-state index in [1.807, 2.05) is 6.07 Å². The van der Waals surface area contributed by atoms with Gasteiger partial charge in [-0.25, -0.2) is 0 Å². The van der Waals surface area contributed by atoms with Gasteiger partial charge in [0.25, 0.3) is 0 Å². The van der Waals surface area contributed by atoms with Crippen LogP contribution in [0.5, 0.6) is 0 Å². The van der Waals surface area contributed by atoms with Gasteiger partial charge in [-0.15, -0.1) is 0 Å². The minimum absolute atomic E-state index is 0.0751. The van der Waals surface area contributed by atoms with Gasteiger partial charge in [0.1, 0.15) is 6.07 Å². The van der Waals surface area contributed by atoms with E-state index < -0.39 is 0 Å². The molecule has 0 aromatic heterocycles. The molecule has 0 bridgehead atoms. The number of aliphatic hydroxyl groups is 1. The zero-order valence-electron chi connectivity index (χ0n) is 11.1. The first-order chi connectivity index (χ1) is 8.67. The van der Waals surface area contributed by atoms with Crippen molar-refractivity contribution < 1.29 is 5.11 Å². The van der Waals surface area contributed by atoms with Gasteiger partial charge in [-0.3, -0.25) is 0 Å². The lowest BCUT2D eigenvalue weighted by atomic mass is 10.1. The first kappa shape index (κ1) is 14.3. The Balaban J connectivity index is 3.16. The predicted molar refractivity (Wildman–Crippen MR) is 74.4 cm³/mol. The summed E-state index contributed by atoms with van der Waals surface area (Å²) in [5.74, 6) is 0. The number of rotatable bonds is 6. The summed E-state index contributed by atoms with van der Waals surface area (Å²) in [6.07, 6.45) is 1.96. The molecule has 0 aliphatic heterocycles. The molecule has 1 aromatic rings. The van der Waals surface area contributed by atoms with Crippen molar-refractivity contribution in [1.29, 1.82) is 5.26 Å². The van der Waals surface area contributed by atoms with Crippen molar-refractivity contribution in [2.75, 3.05) is 23.8 Å². The molecule has 0 amide bonds. The Bertz CT molecular complexity index is 422. The topological polar surface area (TPSA) is 73.3 Å². The van der Waals surface area contributed by atoms with Gasteiger partial charge in [0.05, 0.1) is 17.9 Å². The standard InChI is InChI=1S/C14H21N3O/c1-3-13(4-2)17(7-8-18)14-6-5-12(16)9-11(14)10-15/h5-6,9,13,18H,3-4,7-8,16H2,1-2H3. The Morgan fingerprint density at radius 3 is 2.56 bits per heavy atom. The molecule has 0 aliphatic carbocycles. The van der Waals surface area contributed by atoms with Crippen molar-refractivity contribution in [3.8, 4) is 6.07 Å². The molecule has 0 unspecified atom stereocenters. The number of nitrogens with zero attached hydrogens (tertiary/aromatic N) is 2. The normalized spacial score (nSPS) is 10.4. The third kappa shape index (κ3) is 3.14. The van der Waals surface area contributed by atoms with E-state index in [4.69, 9.17) is 5.73 Å². The maximum atomic E-state index is 9.21. The molecular weight excluding hydrogens is 226 g/mol. The lowest BCUT2D eigenvalue weighted by Crippen LogP contribution is -2.37. The van der Waals surface area contributed by atoms with Gasteiger partial charge in [-0.2, -0.15) is 5.26 Å². The number of nitrogen functional groups attached to an aromatic ring is 1. The number of nitriles is 1. The molecule has 4 nitrogen and oxygen atoms in total. The highest BCUT2D eigenvalue weighted by Crippen LogP contribution is 2.26. The van der Waals surface area contributed by atoms with E-state index in [1.54, 1.807) is 12.1 Å². The summed E-state index contributed by atoms with van der Waals surface area (Å²) in [5, 5.41) is 18.4. The molecule has 1 aromatic carbocycles. The number of aliphatic hydroxyl groups excluding tert-OH is 1. The SMILES string of the molecule is CCC(CC)N(CCO)c1ccc(N)cc1C#N. The molecule has 0 saturated carbocycles. The van der Waals surface area contributed by atoms with Crippen LogP contribution in [0.4, 0.5) is 11.4 Å². The van der Waals surface area contributed by atoms with Gasteiger partial charge in [0, 0.05) is 18.3 Å². The van der Waals surface area contributed by atoms with Crippen LogP contribution in [0, 0.1) is 11.3 Å². The van der Waals surface area contributed by atoms with Crippen molar-refractivity contribution in [2.24, 2.45) is 0 Å². The third-order valence-electron chi connectivity index (χ3n) is 3.17. The molecule has 18 heavy (non-hydrogen) atoms. The van der Waals surface area contributed by atoms with Crippen molar-refractivity contribution in [3.05, 3.63) is 23.8 Å². The molecule has 0 saturated heterocycles. The van der Waals surface area contributed by atoms with E-state index in [0.717, 1.165) is 18.5 Å². The van der Waals surface area contributed by atoms with E-state index in [2.05, 4.69) is 24.8 Å². The van der Waals surface area contributed by atoms with Crippen LogP contribution in [0.2, 0.25) is 0 Å². The smallest absolute Gasteiger partial charge is 0.101 e. The molecule has 3 N–H and O–H groups in total. The zero-order valence-corrected chi connectivity index (χ0v) is 11.1. The second-order valence-electron chi connectivity index (χ2n) is 4.28. The summed E-state index contributed by atoms with van der Waals surface area (Å²) < 4.78 is 0. The highest BCUT2D eigenvalue weighted by atomic mass is 16.3. The molecule has 0 fully saturated rings. The second-order valence-corrected chi connectivity index (χ2v) is 4.28. The molecule has 0 aliphatic rings. The van der Waals surface area contributed by atoms with Crippen molar-refractivity contribution >= 4 is 11.4 Å². The fraction of sp³-hybridized carbons (Fsp3) is 0.500. The predicted octanol–water partition coefficient (Wildman–Crippen LogP) is 2.13. The van der Waals surface area contributed by atoms with E-state index in [1.165, 1.54) is 0 Å². The number of hydrogen-bond donors (Lipinski definition) is 2. The largest absolute Gasteiger partial charge is 0.399 e. The average molecular weight is 247 g/mol. The Labute approximate surface area is 109 Å². The van der Waals surface area contributed by atoms with Crippen LogP contribution >= 0.6 is 0 Å².